The highest BCUT2D eigenvalue weighted by molar-refractivity contribution is 7.09. The number of nitrogens with one attached hydrogen (secondary N) is 1. The summed E-state index contributed by atoms with van der Waals surface area (Å²) in [5.74, 6) is 0. The van der Waals surface area contributed by atoms with E-state index in [1.165, 1.54) is 5.56 Å². The minimum Gasteiger partial charge on any atom is -0.309 e. The molecule has 0 unspecified atom stereocenters. The van der Waals surface area contributed by atoms with Crippen molar-refractivity contribution in [2.75, 3.05) is 0 Å². The van der Waals surface area contributed by atoms with E-state index < -0.39 is 0 Å². The largest absolute Gasteiger partial charge is 0.309 e. The molecule has 1 heterocycles. The Balaban J connectivity index is 1.98. The zero-order valence-electron chi connectivity index (χ0n) is 10.6. The first-order chi connectivity index (χ1) is 8.63. The first kappa shape index (κ1) is 13.5. The maximum Gasteiger partial charge on any atom is 0.0972 e. The lowest BCUT2D eigenvalue weighted by atomic mass is 10.2. The number of halogens is 1. The molecular formula is C14H17ClN2S. The van der Waals surface area contributed by atoms with Gasteiger partial charge in [-0.25, -0.2) is 4.98 Å². The van der Waals surface area contributed by atoms with Gasteiger partial charge in [-0.2, -0.15) is 0 Å². The highest BCUT2D eigenvalue weighted by atomic mass is 35.5. The molecule has 96 valence electrons. The predicted molar refractivity (Wildman–Crippen MR) is 78.3 cm³/mol. The first-order valence-electron chi connectivity index (χ1n) is 6.04. The van der Waals surface area contributed by atoms with Gasteiger partial charge in [-0.05, 0) is 17.7 Å². The number of thiazole rings is 1. The molecule has 0 radical (unpaired) electrons. The molecule has 0 saturated carbocycles. The van der Waals surface area contributed by atoms with Gasteiger partial charge < -0.3 is 5.32 Å². The van der Waals surface area contributed by atoms with E-state index in [2.05, 4.69) is 35.6 Å². The van der Waals surface area contributed by atoms with Gasteiger partial charge in [-0.1, -0.05) is 37.6 Å². The molecule has 0 aliphatic rings. The Kier molecular flexibility index (Phi) is 4.75. The second kappa shape index (κ2) is 6.32. The summed E-state index contributed by atoms with van der Waals surface area (Å²) < 4.78 is 0. The van der Waals surface area contributed by atoms with Crippen molar-refractivity contribution in [3.05, 3.63) is 50.9 Å². The number of hydrogen-bond acceptors (Lipinski definition) is 3. The molecule has 2 aromatic rings. The summed E-state index contributed by atoms with van der Waals surface area (Å²) in [6, 6.07) is 8.44. The van der Waals surface area contributed by atoms with E-state index in [0.29, 0.717) is 6.04 Å². The Labute approximate surface area is 117 Å². The maximum atomic E-state index is 5.97. The van der Waals surface area contributed by atoms with Crippen LogP contribution in [0.5, 0.6) is 0 Å². The fourth-order valence-corrected chi connectivity index (χ4v) is 2.68. The highest BCUT2D eigenvalue weighted by Crippen LogP contribution is 2.17. The first-order valence-corrected chi connectivity index (χ1v) is 7.30. The molecule has 2 rings (SSSR count). The van der Waals surface area contributed by atoms with Crippen molar-refractivity contribution in [2.24, 2.45) is 0 Å². The van der Waals surface area contributed by atoms with E-state index in [4.69, 9.17) is 11.6 Å². The summed E-state index contributed by atoms with van der Waals surface area (Å²) in [5.41, 5.74) is 2.32. The van der Waals surface area contributed by atoms with Crippen LogP contribution < -0.4 is 5.32 Å². The van der Waals surface area contributed by atoms with Crippen LogP contribution in [0.1, 0.15) is 30.1 Å². The highest BCUT2D eigenvalue weighted by Gasteiger charge is 2.04. The Bertz CT molecular complexity index is 508. The van der Waals surface area contributed by atoms with Crippen molar-refractivity contribution in [1.29, 1.82) is 0 Å². The smallest absolute Gasteiger partial charge is 0.0972 e. The third-order valence-corrected chi connectivity index (χ3v) is 3.67. The summed E-state index contributed by atoms with van der Waals surface area (Å²) in [6.45, 7) is 5.11. The van der Waals surface area contributed by atoms with E-state index in [1.807, 2.05) is 18.2 Å². The Morgan fingerprint density at radius 1 is 1.39 bits per heavy atom. The second-order valence-electron chi connectivity index (χ2n) is 4.57. The van der Waals surface area contributed by atoms with E-state index in [0.717, 1.165) is 28.7 Å². The molecular weight excluding hydrogens is 264 g/mol. The topological polar surface area (TPSA) is 24.9 Å². The molecule has 0 spiro atoms. The van der Waals surface area contributed by atoms with Gasteiger partial charge in [-0.3, -0.25) is 0 Å². The van der Waals surface area contributed by atoms with E-state index >= 15 is 0 Å². The van der Waals surface area contributed by atoms with Crippen molar-refractivity contribution >= 4 is 22.9 Å². The average Bonchev–Trinajstić information content (AvgIpc) is 2.74. The van der Waals surface area contributed by atoms with Gasteiger partial charge in [0.1, 0.15) is 0 Å². The fourth-order valence-electron chi connectivity index (χ4n) is 1.64. The normalized spacial score (nSPS) is 11.1. The maximum absolute atomic E-state index is 5.97. The quantitative estimate of drug-likeness (QED) is 0.899. The van der Waals surface area contributed by atoms with Crippen LogP contribution in [0.4, 0.5) is 0 Å². The monoisotopic (exact) mass is 280 g/mol. The van der Waals surface area contributed by atoms with Crippen LogP contribution in [0.15, 0.2) is 29.6 Å². The van der Waals surface area contributed by atoms with E-state index in [1.54, 1.807) is 11.3 Å². The summed E-state index contributed by atoms with van der Waals surface area (Å²) in [5, 5.41) is 7.41. The molecule has 1 aromatic carbocycles. The zero-order chi connectivity index (χ0) is 13.0. The number of benzene rings is 1. The molecule has 0 aliphatic carbocycles. The zero-order valence-corrected chi connectivity index (χ0v) is 12.2. The Morgan fingerprint density at radius 2 is 2.22 bits per heavy atom. The summed E-state index contributed by atoms with van der Waals surface area (Å²) in [4.78, 5) is 4.62. The predicted octanol–water partition coefficient (Wildman–Crippen LogP) is 3.89. The van der Waals surface area contributed by atoms with Crippen LogP contribution in [0.2, 0.25) is 5.02 Å². The van der Waals surface area contributed by atoms with Crippen molar-refractivity contribution in [1.82, 2.24) is 10.3 Å². The summed E-state index contributed by atoms with van der Waals surface area (Å²) in [7, 11) is 0. The van der Waals surface area contributed by atoms with Crippen LogP contribution in [0, 0.1) is 0 Å². The molecule has 18 heavy (non-hydrogen) atoms. The average molecular weight is 281 g/mol. The molecule has 4 heteroatoms. The number of rotatable bonds is 5. The Hall–Kier alpha value is -0.900. The number of aromatic nitrogens is 1. The van der Waals surface area contributed by atoms with Gasteiger partial charge in [0.2, 0.25) is 0 Å². The van der Waals surface area contributed by atoms with Gasteiger partial charge in [-0.15, -0.1) is 11.3 Å². The lowest BCUT2D eigenvalue weighted by molar-refractivity contribution is 0.582. The van der Waals surface area contributed by atoms with Gasteiger partial charge in [0.15, 0.2) is 0 Å². The lowest BCUT2D eigenvalue weighted by Gasteiger charge is -2.04. The van der Waals surface area contributed by atoms with Gasteiger partial charge in [0.05, 0.1) is 10.7 Å². The van der Waals surface area contributed by atoms with Crippen molar-refractivity contribution in [2.45, 2.75) is 32.9 Å². The molecule has 0 bridgehead atoms. The minimum atomic E-state index is 0.489. The van der Waals surface area contributed by atoms with Crippen LogP contribution in [-0.4, -0.2) is 11.0 Å². The van der Waals surface area contributed by atoms with Crippen LogP contribution in [0.25, 0.3) is 0 Å². The molecule has 2 nitrogen and oxygen atoms in total. The standard InChI is InChI=1S/C14H17ClN2S/c1-10(2)16-8-13-9-18-14(17-13)7-11-4-3-5-12(15)6-11/h3-6,9-10,16H,7-8H2,1-2H3. The molecule has 0 saturated heterocycles. The third-order valence-electron chi connectivity index (χ3n) is 2.54. The van der Waals surface area contributed by atoms with Crippen molar-refractivity contribution < 1.29 is 0 Å². The molecule has 1 N–H and O–H groups in total. The molecule has 0 amide bonds. The van der Waals surface area contributed by atoms with Gasteiger partial charge in [0, 0.05) is 29.4 Å². The van der Waals surface area contributed by atoms with E-state index in [-0.39, 0.29) is 0 Å². The second-order valence-corrected chi connectivity index (χ2v) is 5.95. The number of hydrogen-bond donors (Lipinski definition) is 1. The lowest BCUT2D eigenvalue weighted by Crippen LogP contribution is -2.21. The fraction of sp³-hybridized carbons (Fsp3) is 0.357. The summed E-state index contributed by atoms with van der Waals surface area (Å²) in [6.07, 6.45) is 0.854. The molecule has 0 aliphatic heterocycles. The molecule has 0 fully saturated rings. The SMILES string of the molecule is CC(C)NCc1csc(Cc2cccc(Cl)c2)n1. The Morgan fingerprint density at radius 3 is 2.94 bits per heavy atom. The van der Waals surface area contributed by atoms with Crippen molar-refractivity contribution in [3.63, 3.8) is 0 Å². The van der Waals surface area contributed by atoms with E-state index in [9.17, 15) is 0 Å². The minimum absolute atomic E-state index is 0.489. The van der Waals surface area contributed by atoms with Gasteiger partial charge in [0.25, 0.3) is 0 Å². The summed E-state index contributed by atoms with van der Waals surface area (Å²) >= 11 is 7.68. The van der Waals surface area contributed by atoms with Crippen LogP contribution in [-0.2, 0) is 13.0 Å². The molecule has 1 aromatic heterocycles. The molecule has 0 atom stereocenters. The van der Waals surface area contributed by atoms with Crippen LogP contribution in [0.3, 0.4) is 0 Å². The van der Waals surface area contributed by atoms with Crippen LogP contribution >= 0.6 is 22.9 Å². The third kappa shape index (κ3) is 4.09. The van der Waals surface area contributed by atoms with Crippen molar-refractivity contribution in [3.8, 4) is 0 Å². The number of nitrogens with zero attached hydrogens (tertiary/aromatic N) is 1. The van der Waals surface area contributed by atoms with Gasteiger partial charge >= 0.3 is 0 Å².